The zero-order valence-electron chi connectivity index (χ0n) is 14.9. The van der Waals surface area contributed by atoms with Crippen LogP contribution in [0.1, 0.15) is 40.2 Å². The fourth-order valence-corrected chi connectivity index (χ4v) is 4.03. The van der Waals surface area contributed by atoms with Gasteiger partial charge in [-0.2, -0.15) is 9.78 Å². The van der Waals surface area contributed by atoms with Crippen molar-refractivity contribution in [1.82, 2.24) is 14.8 Å². The molecule has 0 bridgehead atoms. The van der Waals surface area contributed by atoms with Gasteiger partial charge in [0, 0.05) is 22.8 Å². The van der Waals surface area contributed by atoms with Gasteiger partial charge in [-0.3, -0.25) is 4.79 Å². The topological polar surface area (TPSA) is 47.8 Å². The van der Waals surface area contributed by atoms with Crippen LogP contribution in [0, 0.1) is 13.8 Å². The van der Waals surface area contributed by atoms with Gasteiger partial charge in [0.05, 0.1) is 6.20 Å². The number of aromatic nitrogens is 3. The van der Waals surface area contributed by atoms with Crippen LogP contribution in [0.4, 0.5) is 0 Å². The standard InChI is InChI=1S/C21H20ClN3O/c1-13-3-5-18(14(2)9-13)15-4-6-19-16(10-15)12-24-25(21(19)26)20-11-17(22)7-8-23-20/h3,5,7-9,11-12,15H,4,6,10H2,1-2H3. The number of aryl methyl sites for hydroxylation is 2. The Labute approximate surface area is 157 Å². The minimum Gasteiger partial charge on any atom is -0.267 e. The second kappa shape index (κ2) is 6.69. The SMILES string of the molecule is Cc1ccc(C2CCc3c(cnn(-c4cc(Cl)ccn4)c3=O)C2)c(C)c1. The minimum absolute atomic E-state index is 0.0867. The van der Waals surface area contributed by atoms with Gasteiger partial charge in [-0.25, -0.2) is 4.98 Å². The van der Waals surface area contributed by atoms with Gasteiger partial charge in [0.25, 0.3) is 5.56 Å². The molecule has 3 aromatic rings. The molecule has 4 nitrogen and oxygen atoms in total. The fraction of sp³-hybridized carbons (Fsp3) is 0.286. The van der Waals surface area contributed by atoms with Crippen molar-refractivity contribution in [2.45, 2.75) is 39.0 Å². The van der Waals surface area contributed by atoms with Crippen molar-refractivity contribution in [2.75, 3.05) is 0 Å². The van der Waals surface area contributed by atoms with E-state index in [9.17, 15) is 4.79 Å². The summed E-state index contributed by atoms with van der Waals surface area (Å²) in [5.41, 5.74) is 5.79. The molecule has 2 heterocycles. The van der Waals surface area contributed by atoms with Crippen molar-refractivity contribution < 1.29 is 0 Å². The van der Waals surface area contributed by atoms with Gasteiger partial charge < -0.3 is 0 Å². The number of halogens is 1. The Morgan fingerprint density at radius 2 is 2.04 bits per heavy atom. The Bertz CT molecular complexity index is 1040. The minimum atomic E-state index is -0.0867. The van der Waals surface area contributed by atoms with Gasteiger partial charge in [-0.05, 0) is 61.8 Å². The van der Waals surface area contributed by atoms with Crippen molar-refractivity contribution in [3.8, 4) is 5.82 Å². The first kappa shape index (κ1) is 17.0. The van der Waals surface area contributed by atoms with Crippen molar-refractivity contribution in [1.29, 1.82) is 0 Å². The number of benzene rings is 1. The average molecular weight is 366 g/mol. The highest BCUT2D eigenvalue weighted by Crippen LogP contribution is 2.33. The predicted octanol–water partition coefficient (Wildman–Crippen LogP) is 4.17. The Hall–Kier alpha value is -2.46. The van der Waals surface area contributed by atoms with Gasteiger partial charge >= 0.3 is 0 Å². The fourth-order valence-electron chi connectivity index (χ4n) is 3.87. The molecule has 0 radical (unpaired) electrons. The molecule has 0 fully saturated rings. The molecule has 1 aromatic carbocycles. The highest BCUT2D eigenvalue weighted by atomic mass is 35.5. The van der Waals surface area contributed by atoms with Crippen molar-refractivity contribution in [3.63, 3.8) is 0 Å². The monoisotopic (exact) mass is 365 g/mol. The molecule has 1 unspecified atom stereocenters. The van der Waals surface area contributed by atoms with Crippen LogP contribution in [-0.4, -0.2) is 14.8 Å². The molecule has 1 atom stereocenters. The lowest BCUT2D eigenvalue weighted by molar-refractivity contribution is 0.565. The number of rotatable bonds is 2. The van der Waals surface area contributed by atoms with Crippen LogP contribution in [0.15, 0.2) is 47.5 Å². The van der Waals surface area contributed by atoms with E-state index in [1.807, 2.05) is 6.20 Å². The zero-order valence-corrected chi connectivity index (χ0v) is 15.6. The summed E-state index contributed by atoms with van der Waals surface area (Å²) < 4.78 is 1.35. The third-order valence-electron chi connectivity index (χ3n) is 5.17. The maximum absolute atomic E-state index is 12.9. The molecule has 26 heavy (non-hydrogen) atoms. The lowest BCUT2D eigenvalue weighted by Crippen LogP contribution is -2.30. The molecule has 4 rings (SSSR count). The van der Waals surface area contributed by atoms with E-state index in [-0.39, 0.29) is 5.56 Å². The van der Waals surface area contributed by atoms with E-state index >= 15 is 0 Å². The molecule has 1 aliphatic rings. The van der Waals surface area contributed by atoms with E-state index in [0.717, 1.165) is 30.4 Å². The first-order valence-electron chi connectivity index (χ1n) is 8.82. The molecule has 5 heteroatoms. The second-order valence-electron chi connectivity index (χ2n) is 7.00. The maximum atomic E-state index is 12.9. The van der Waals surface area contributed by atoms with Crippen molar-refractivity contribution in [3.05, 3.63) is 85.9 Å². The lowest BCUT2D eigenvalue weighted by Gasteiger charge is -2.26. The summed E-state index contributed by atoms with van der Waals surface area (Å²) in [7, 11) is 0. The Morgan fingerprint density at radius 1 is 1.19 bits per heavy atom. The average Bonchev–Trinajstić information content (AvgIpc) is 2.62. The number of pyridine rings is 1. The number of hydrogen-bond acceptors (Lipinski definition) is 3. The van der Waals surface area contributed by atoms with Crippen LogP contribution in [0.2, 0.25) is 5.02 Å². The number of nitrogens with zero attached hydrogens (tertiary/aromatic N) is 3. The molecule has 0 aliphatic heterocycles. The summed E-state index contributed by atoms with van der Waals surface area (Å²) in [4.78, 5) is 17.1. The summed E-state index contributed by atoms with van der Waals surface area (Å²) in [6.07, 6.45) is 5.98. The molecule has 2 aromatic heterocycles. The molecule has 0 saturated carbocycles. The predicted molar refractivity (Wildman–Crippen MR) is 103 cm³/mol. The molecule has 0 N–H and O–H groups in total. The molecule has 0 spiro atoms. The van der Waals surface area contributed by atoms with Gasteiger partial charge in [0.15, 0.2) is 5.82 Å². The highest BCUT2D eigenvalue weighted by molar-refractivity contribution is 6.30. The lowest BCUT2D eigenvalue weighted by atomic mass is 9.79. The van der Waals surface area contributed by atoms with E-state index in [2.05, 4.69) is 42.1 Å². The zero-order chi connectivity index (χ0) is 18.3. The quantitative estimate of drug-likeness (QED) is 0.684. The van der Waals surface area contributed by atoms with E-state index in [4.69, 9.17) is 11.6 Å². The summed E-state index contributed by atoms with van der Waals surface area (Å²) in [5.74, 6) is 0.895. The largest absolute Gasteiger partial charge is 0.276 e. The number of fused-ring (bicyclic) bond motifs is 1. The Kier molecular flexibility index (Phi) is 4.37. The Balaban J connectivity index is 1.69. The maximum Gasteiger partial charge on any atom is 0.276 e. The molecule has 1 aliphatic carbocycles. The van der Waals surface area contributed by atoms with Gasteiger partial charge in [0.2, 0.25) is 0 Å². The van der Waals surface area contributed by atoms with E-state index in [1.165, 1.54) is 21.4 Å². The summed E-state index contributed by atoms with van der Waals surface area (Å²) >= 11 is 6.02. The highest BCUT2D eigenvalue weighted by Gasteiger charge is 2.25. The third-order valence-corrected chi connectivity index (χ3v) is 5.40. The molecule has 0 saturated heterocycles. The van der Waals surface area contributed by atoms with Crippen LogP contribution < -0.4 is 5.56 Å². The van der Waals surface area contributed by atoms with Gasteiger partial charge in [0.1, 0.15) is 0 Å². The van der Waals surface area contributed by atoms with Crippen LogP contribution >= 0.6 is 11.6 Å². The molecule has 0 amide bonds. The molecular weight excluding hydrogens is 346 g/mol. The third kappa shape index (κ3) is 3.06. The van der Waals surface area contributed by atoms with E-state index in [0.29, 0.717) is 16.8 Å². The van der Waals surface area contributed by atoms with E-state index < -0.39 is 0 Å². The normalized spacial score (nSPS) is 16.3. The van der Waals surface area contributed by atoms with Gasteiger partial charge in [-0.15, -0.1) is 0 Å². The van der Waals surface area contributed by atoms with Crippen molar-refractivity contribution >= 4 is 11.6 Å². The first-order chi connectivity index (χ1) is 12.5. The van der Waals surface area contributed by atoms with Crippen LogP contribution in [0.25, 0.3) is 5.82 Å². The van der Waals surface area contributed by atoms with Crippen LogP contribution in [0.5, 0.6) is 0 Å². The van der Waals surface area contributed by atoms with Crippen LogP contribution in [-0.2, 0) is 12.8 Å². The van der Waals surface area contributed by atoms with Gasteiger partial charge in [-0.1, -0.05) is 35.4 Å². The second-order valence-corrected chi connectivity index (χ2v) is 7.43. The van der Waals surface area contributed by atoms with E-state index in [1.54, 1.807) is 18.3 Å². The summed E-state index contributed by atoms with van der Waals surface area (Å²) in [6, 6.07) is 9.96. The number of hydrogen-bond donors (Lipinski definition) is 0. The van der Waals surface area contributed by atoms with Crippen LogP contribution in [0.3, 0.4) is 0 Å². The van der Waals surface area contributed by atoms with Crippen molar-refractivity contribution in [2.24, 2.45) is 0 Å². The summed E-state index contributed by atoms with van der Waals surface area (Å²) in [5, 5.41) is 4.89. The smallest absolute Gasteiger partial charge is 0.267 e. The molecular formula is C21H20ClN3O. The first-order valence-corrected chi connectivity index (χ1v) is 9.20. The molecule has 132 valence electrons. The Morgan fingerprint density at radius 3 is 2.81 bits per heavy atom. The summed E-state index contributed by atoms with van der Waals surface area (Å²) in [6.45, 7) is 4.28.